The van der Waals surface area contributed by atoms with Crippen molar-refractivity contribution in [2.24, 2.45) is 0 Å². The summed E-state index contributed by atoms with van der Waals surface area (Å²) in [6.07, 6.45) is 3.72. The number of likely N-dealkylation sites (N-methyl/N-ethyl adjacent to an activating group) is 1. The number of rotatable bonds is 1. The first-order valence-corrected chi connectivity index (χ1v) is 12.0. The van der Waals surface area contributed by atoms with Crippen molar-refractivity contribution in [1.29, 1.82) is 0 Å². The highest BCUT2D eigenvalue weighted by Crippen LogP contribution is 2.46. The van der Waals surface area contributed by atoms with Gasteiger partial charge in [0.25, 0.3) is 0 Å². The zero-order valence-electron chi connectivity index (χ0n) is 16.3. The quantitative estimate of drug-likeness (QED) is 0.646. The molecule has 1 unspecified atom stereocenters. The van der Waals surface area contributed by atoms with Crippen LogP contribution in [0.1, 0.15) is 47.4 Å². The van der Waals surface area contributed by atoms with Gasteiger partial charge in [-0.25, -0.2) is 0 Å². The third-order valence-electron chi connectivity index (χ3n) is 6.46. The zero-order chi connectivity index (χ0) is 18.4. The van der Waals surface area contributed by atoms with Crippen LogP contribution in [0.4, 0.5) is 0 Å². The van der Waals surface area contributed by atoms with Crippen LogP contribution in [0.5, 0.6) is 0 Å². The SMILES string of the molecule is CN1CCC(=C2c3ccc(C4CCN(C)C4)cc3CSc3sccc32)CC1. The molecular weight excluding hydrogens is 368 g/mol. The second-order valence-corrected chi connectivity index (χ2v) is 10.5. The summed E-state index contributed by atoms with van der Waals surface area (Å²) in [4.78, 5) is 4.93. The lowest BCUT2D eigenvalue weighted by Gasteiger charge is -2.27. The minimum atomic E-state index is 0.710. The Labute approximate surface area is 171 Å². The van der Waals surface area contributed by atoms with E-state index in [9.17, 15) is 0 Å². The number of thioether (sulfide) groups is 1. The monoisotopic (exact) mass is 396 g/mol. The predicted octanol–water partition coefficient (Wildman–Crippen LogP) is 5.30. The summed E-state index contributed by atoms with van der Waals surface area (Å²) in [5, 5.41) is 2.28. The summed E-state index contributed by atoms with van der Waals surface area (Å²) in [5.74, 6) is 1.82. The second-order valence-electron chi connectivity index (χ2n) is 8.36. The van der Waals surface area contributed by atoms with Crippen molar-refractivity contribution in [3.8, 4) is 0 Å². The molecule has 1 atom stereocenters. The number of piperidine rings is 1. The highest BCUT2D eigenvalue weighted by atomic mass is 32.2. The van der Waals surface area contributed by atoms with Gasteiger partial charge in [0.05, 0.1) is 4.21 Å². The lowest BCUT2D eigenvalue weighted by Crippen LogP contribution is -2.27. The topological polar surface area (TPSA) is 6.48 Å². The van der Waals surface area contributed by atoms with E-state index in [0.29, 0.717) is 5.92 Å². The summed E-state index contributed by atoms with van der Waals surface area (Å²) in [6, 6.07) is 9.79. The first-order chi connectivity index (χ1) is 13.2. The van der Waals surface area contributed by atoms with Crippen LogP contribution in [-0.4, -0.2) is 50.1 Å². The van der Waals surface area contributed by atoms with Gasteiger partial charge in [0.15, 0.2) is 0 Å². The molecule has 2 saturated heterocycles. The van der Waals surface area contributed by atoms with Gasteiger partial charge < -0.3 is 9.80 Å². The van der Waals surface area contributed by atoms with Crippen LogP contribution in [0, 0.1) is 0 Å². The smallest absolute Gasteiger partial charge is 0.0680 e. The van der Waals surface area contributed by atoms with Crippen molar-refractivity contribution < 1.29 is 0 Å². The minimum Gasteiger partial charge on any atom is -0.306 e. The normalized spacial score (nSPS) is 24.0. The van der Waals surface area contributed by atoms with Crippen molar-refractivity contribution >= 4 is 28.7 Å². The summed E-state index contributed by atoms with van der Waals surface area (Å²) in [7, 11) is 4.50. The molecule has 0 saturated carbocycles. The van der Waals surface area contributed by atoms with E-state index in [1.165, 1.54) is 60.8 Å². The van der Waals surface area contributed by atoms with E-state index in [2.05, 4.69) is 53.5 Å². The number of fused-ring (bicyclic) bond motifs is 2. The predicted molar refractivity (Wildman–Crippen MR) is 118 cm³/mol. The molecule has 2 aromatic rings. The maximum absolute atomic E-state index is 2.54. The summed E-state index contributed by atoms with van der Waals surface area (Å²) < 4.78 is 1.51. The van der Waals surface area contributed by atoms with Gasteiger partial charge in [-0.1, -0.05) is 23.8 Å². The first-order valence-electron chi connectivity index (χ1n) is 10.1. The molecule has 3 aliphatic rings. The molecule has 0 amide bonds. The molecule has 27 heavy (non-hydrogen) atoms. The van der Waals surface area contributed by atoms with Gasteiger partial charge in [0.2, 0.25) is 0 Å². The van der Waals surface area contributed by atoms with Crippen LogP contribution in [0.3, 0.4) is 0 Å². The fourth-order valence-electron chi connectivity index (χ4n) is 4.84. The number of benzene rings is 1. The van der Waals surface area contributed by atoms with E-state index in [-0.39, 0.29) is 0 Å². The molecule has 0 aliphatic carbocycles. The van der Waals surface area contributed by atoms with E-state index in [4.69, 9.17) is 0 Å². The molecule has 3 aliphatic heterocycles. The van der Waals surface area contributed by atoms with Crippen molar-refractivity contribution in [2.75, 3.05) is 40.3 Å². The Morgan fingerprint density at radius 2 is 1.81 bits per heavy atom. The first kappa shape index (κ1) is 18.0. The van der Waals surface area contributed by atoms with Crippen LogP contribution in [0.15, 0.2) is 39.4 Å². The molecular formula is C23H28N2S2. The number of thiophene rings is 1. The third kappa shape index (κ3) is 3.42. The van der Waals surface area contributed by atoms with E-state index in [1.54, 1.807) is 22.3 Å². The lowest BCUT2D eigenvalue weighted by atomic mass is 9.86. The lowest BCUT2D eigenvalue weighted by molar-refractivity contribution is 0.313. The van der Waals surface area contributed by atoms with Gasteiger partial charge in [-0.05, 0) is 79.5 Å². The van der Waals surface area contributed by atoms with Crippen LogP contribution >= 0.6 is 23.1 Å². The molecule has 0 N–H and O–H groups in total. The van der Waals surface area contributed by atoms with Crippen LogP contribution in [-0.2, 0) is 5.75 Å². The van der Waals surface area contributed by atoms with Gasteiger partial charge >= 0.3 is 0 Å². The molecule has 2 fully saturated rings. The Kier molecular flexibility index (Phi) is 4.93. The molecule has 5 rings (SSSR count). The maximum Gasteiger partial charge on any atom is 0.0680 e. The molecule has 1 aromatic heterocycles. The molecule has 0 spiro atoms. The Hall–Kier alpha value is -1.07. The van der Waals surface area contributed by atoms with E-state index < -0.39 is 0 Å². The van der Waals surface area contributed by atoms with Crippen LogP contribution in [0.2, 0.25) is 0 Å². The molecule has 1 aromatic carbocycles. The molecule has 4 heteroatoms. The number of hydrogen-bond donors (Lipinski definition) is 0. The molecule has 142 valence electrons. The Morgan fingerprint density at radius 1 is 0.963 bits per heavy atom. The third-order valence-corrected chi connectivity index (χ3v) is 8.75. The van der Waals surface area contributed by atoms with E-state index in [0.717, 1.165) is 5.75 Å². The average Bonchev–Trinajstić information content (AvgIpc) is 3.29. The van der Waals surface area contributed by atoms with Gasteiger partial charge in [-0.15, -0.1) is 23.1 Å². The highest BCUT2D eigenvalue weighted by molar-refractivity contribution is 8.00. The summed E-state index contributed by atoms with van der Waals surface area (Å²) in [5.41, 5.74) is 9.35. The average molecular weight is 397 g/mol. The largest absolute Gasteiger partial charge is 0.306 e. The molecule has 2 nitrogen and oxygen atoms in total. The summed E-state index contributed by atoms with van der Waals surface area (Å²) in [6.45, 7) is 4.82. The van der Waals surface area contributed by atoms with E-state index in [1.807, 2.05) is 23.1 Å². The Bertz CT molecular complexity index is 872. The number of nitrogens with zero attached hydrogens (tertiary/aromatic N) is 2. The zero-order valence-corrected chi connectivity index (χ0v) is 18.0. The van der Waals surface area contributed by atoms with Gasteiger partial charge in [0.1, 0.15) is 0 Å². The fraction of sp³-hybridized carbons (Fsp3) is 0.478. The van der Waals surface area contributed by atoms with Crippen molar-refractivity contribution in [1.82, 2.24) is 9.80 Å². The standard InChI is InChI=1S/C23H28N2S2/c1-24-9-5-16(6-10-24)22-20-4-3-17(18-7-11-25(2)14-18)13-19(20)15-27-23-21(22)8-12-26-23/h3-4,8,12-13,18H,5-7,9-11,14-15H2,1-2H3. The van der Waals surface area contributed by atoms with E-state index >= 15 is 0 Å². The number of likely N-dealkylation sites (tertiary alicyclic amines) is 2. The van der Waals surface area contributed by atoms with Gasteiger partial charge in [-0.3, -0.25) is 0 Å². The molecule has 0 radical (unpaired) electrons. The Morgan fingerprint density at radius 3 is 2.59 bits per heavy atom. The second kappa shape index (κ2) is 7.40. The fourth-order valence-corrected chi connectivity index (χ4v) is 6.93. The Balaban J connectivity index is 1.59. The molecule has 4 heterocycles. The minimum absolute atomic E-state index is 0.710. The maximum atomic E-state index is 2.54. The van der Waals surface area contributed by atoms with Crippen LogP contribution < -0.4 is 0 Å². The van der Waals surface area contributed by atoms with Crippen molar-refractivity contribution in [3.63, 3.8) is 0 Å². The molecule has 0 bridgehead atoms. The van der Waals surface area contributed by atoms with Crippen LogP contribution in [0.25, 0.3) is 5.57 Å². The van der Waals surface area contributed by atoms with Gasteiger partial charge in [0, 0.05) is 31.0 Å². The number of hydrogen-bond acceptors (Lipinski definition) is 4. The summed E-state index contributed by atoms with van der Waals surface area (Å²) >= 11 is 3.96. The highest BCUT2D eigenvalue weighted by Gasteiger charge is 2.26. The van der Waals surface area contributed by atoms with Crippen molar-refractivity contribution in [3.05, 3.63) is 57.5 Å². The van der Waals surface area contributed by atoms with Gasteiger partial charge in [-0.2, -0.15) is 0 Å². The van der Waals surface area contributed by atoms with Crippen molar-refractivity contribution in [2.45, 2.75) is 35.1 Å².